The summed E-state index contributed by atoms with van der Waals surface area (Å²) < 4.78 is 27.5. The third kappa shape index (κ3) is 2.54. The second-order valence-corrected chi connectivity index (χ2v) is 5.18. The fraction of sp³-hybridized carbons (Fsp3) is 0.417. The van der Waals surface area contributed by atoms with Crippen molar-refractivity contribution in [2.45, 2.75) is 13.0 Å². The van der Waals surface area contributed by atoms with Crippen LogP contribution in [0.15, 0.2) is 16.6 Å². The maximum Gasteiger partial charge on any atom is 0.259 e. The number of nitrogens with zero attached hydrogens (tertiary/aromatic N) is 1. The van der Waals surface area contributed by atoms with Gasteiger partial charge in [-0.2, -0.15) is 0 Å². The van der Waals surface area contributed by atoms with Crippen LogP contribution in [0, 0.1) is 11.6 Å². The van der Waals surface area contributed by atoms with E-state index in [-0.39, 0.29) is 10.5 Å². The molecule has 2 rings (SSSR count). The minimum atomic E-state index is -0.841. The number of hydrogen-bond donors (Lipinski definition) is 1. The van der Waals surface area contributed by atoms with E-state index in [1.165, 1.54) is 11.0 Å². The zero-order valence-electron chi connectivity index (χ0n) is 9.84. The lowest BCUT2D eigenvalue weighted by Crippen LogP contribution is -2.51. The highest BCUT2D eigenvalue weighted by Crippen LogP contribution is 2.23. The molecule has 0 unspecified atom stereocenters. The Bertz CT molecular complexity index is 481. The zero-order chi connectivity index (χ0) is 13.3. The molecule has 1 aliphatic rings. The lowest BCUT2D eigenvalue weighted by molar-refractivity contribution is 0.0699. The molecule has 1 aromatic carbocycles. The minimum absolute atomic E-state index is 0.0930. The molecule has 3 nitrogen and oxygen atoms in total. The van der Waals surface area contributed by atoms with Gasteiger partial charge in [-0.1, -0.05) is 0 Å². The quantitative estimate of drug-likeness (QED) is 0.805. The van der Waals surface area contributed by atoms with Crippen LogP contribution >= 0.6 is 15.9 Å². The Labute approximate surface area is 112 Å². The Hall–Kier alpha value is -1.01. The summed E-state index contributed by atoms with van der Waals surface area (Å²) in [7, 11) is 0. The molecule has 6 heteroatoms. The second-order valence-electron chi connectivity index (χ2n) is 4.32. The van der Waals surface area contributed by atoms with Crippen LogP contribution in [0.25, 0.3) is 0 Å². The number of rotatable bonds is 1. The van der Waals surface area contributed by atoms with E-state index in [0.717, 1.165) is 6.07 Å². The van der Waals surface area contributed by atoms with E-state index in [1.807, 2.05) is 6.92 Å². The summed E-state index contributed by atoms with van der Waals surface area (Å²) >= 11 is 2.96. The lowest BCUT2D eigenvalue weighted by Gasteiger charge is -2.32. The monoisotopic (exact) mass is 318 g/mol. The number of piperazine rings is 1. The molecule has 98 valence electrons. The van der Waals surface area contributed by atoms with Crippen LogP contribution in [0.1, 0.15) is 17.3 Å². The van der Waals surface area contributed by atoms with Crippen LogP contribution in [-0.4, -0.2) is 36.5 Å². The fourth-order valence-corrected chi connectivity index (χ4v) is 2.33. The molecule has 0 spiro atoms. The zero-order valence-corrected chi connectivity index (χ0v) is 11.4. The first-order chi connectivity index (χ1) is 8.50. The summed E-state index contributed by atoms with van der Waals surface area (Å²) in [5, 5.41) is 3.17. The molecule has 0 bridgehead atoms. The molecule has 0 aliphatic carbocycles. The van der Waals surface area contributed by atoms with Crippen LogP contribution in [0.4, 0.5) is 8.78 Å². The lowest BCUT2D eigenvalue weighted by atomic mass is 10.1. The van der Waals surface area contributed by atoms with Crippen molar-refractivity contribution in [2.75, 3.05) is 19.6 Å². The molecule has 1 heterocycles. The smallest absolute Gasteiger partial charge is 0.259 e. The van der Waals surface area contributed by atoms with Crippen molar-refractivity contribution >= 4 is 21.8 Å². The van der Waals surface area contributed by atoms with E-state index < -0.39 is 23.1 Å². The van der Waals surface area contributed by atoms with E-state index in [4.69, 9.17) is 0 Å². The molecule has 1 atom stereocenters. The largest absolute Gasteiger partial charge is 0.336 e. The summed E-state index contributed by atoms with van der Waals surface area (Å²) in [6.45, 7) is 3.45. The van der Waals surface area contributed by atoms with Gasteiger partial charge < -0.3 is 10.2 Å². The van der Waals surface area contributed by atoms with Crippen molar-refractivity contribution in [3.63, 3.8) is 0 Å². The maximum absolute atomic E-state index is 13.8. The van der Waals surface area contributed by atoms with Gasteiger partial charge in [-0.25, -0.2) is 8.78 Å². The molecule has 0 saturated carbocycles. The van der Waals surface area contributed by atoms with Crippen LogP contribution in [0.2, 0.25) is 0 Å². The molecule has 1 saturated heterocycles. The van der Waals surface area contributed by atoms with Crippen molar-refractivity contribution in [3.8, 4) is 0 Å². The van der Waals surface area contributed by atoms with Crippen LogP contribution in [0.3, 0.4) is 0 Å². The number of nitrogens with one attached hydrogen (secondary N) is 1. The van der Waals surface area contributed by atoms with Gasteiger partial charge in [0.25, 0.3) is 5.91 Å². The third-order valence-corrected chi connectivity index (χ3v) is 3.53. The van der Waals surface area contributed by atoms with Crippen molar-refractivity contribution in [2.24, 2.45) is 0 Å². The number of carbonyl (C=O) groups is 1. The average Bonchev–Trinajstić information content (AvgIpc) is 2.34. The standard InChI is InChI=1S/C12H13BrF2N2O/c1-7-6-17(5-4-16-7)12(18)10-9(14)3-2-8(13)11(10)15/h2-3,7,16H,4-6H2,1H3/t7-/m1/s1. The molecule has 0 aromatic heterocycles. The van der Waals surface area contributed by atoms with Crippen molar-refractivity contribution in [3.05, 3.63) is 33.8 Å². The molecule has 1 aliphatic heterocycles. The molecule has 1 amide bonds. The van der Waals surface area contributed by atoms with Crippen molar-refractivity contribution < 1.29 is 13.6 Å². The minimum Gasteiger partial charge on any atom is -0.336 e. The van der Waals surface area contributed by atoms with Crippen LogP contribution in [0.5, 0.6) is 0 Å². The third-order valence-electron chi connectivity index (χ3n) is 2.91. The van der Waals surface area contributed by atoms with E-state index >= 15 is 0 Å². The average molecular weight is 319 g/mol. The summed E-state index contributed by atoms with van der Waals surface area (Å²) in [6.07, 6.45) is 0. The summed E-state index contributed by atoms with van der Waals surface area (Å²) in [5.74, 6) is -2.27. The van der Waals surface area contributed by atoms with E-state index in [9.17, 15) is 13.6 Å². The summed E-state index contributed by atoms with van der Waals surface area (Å²) in [4.78, 5) is 13.6. The Morgan fingerprint density at radius 2 is 2.22 bits per heavy atom. The van der Waals surface area contributed by atoms with Gasteiger partial charge in [0.2, 0.25) is 0 Å². The molecular formula is C12H13BrF2N2O. The van der Waals surface area contributed by atoms with Gasteiger partial charge in [-0.3, -0.25) is 4.79 Å². The Morgan fingerprint density at radius 1 is 1.50 bits per heavy atom. The Kier molecular flexibility index (Phi) is 3.97. The van der Waals surface area contributed by atoms with E-state index in [2.05, 4.69) is 21.2 Å². The fourth-order valence-electron chi connectivity index (χ4n) is 2.00. The van der Waals surface area contributed by atoms with Gasteiger partial charge in [0, 0.05) is 25.7 Å². The molecule has 1 N–H and O–H groups in total. The Balaban J connectivity index is 2.31. The highest BCUT2D eigenvalue weighted by atomic mass is 79.9. The van der Waals surface area contributed by atoms with Gasteiger partial charge in [-0.15, -0.1) is 0 Å². The highest BCUT2D eigenvalue weighted by molar-refractivity contribution is 9.10. The number of halogens is 3. The molecule has 0 radical (unpaired) electrons. The van der Waals surface area contributed by atoms with Gasteiger partial charge in [0.15, 0.2) is 5.82 Å². The van der Waals surface area contributed by atoms with Gasteiger partial charge in [-0.05, 0) is 35.0 Å². The molecule has 18 heavy (non-hydrogen) atoms. The van der Waals surface area contributed by atoms with Gasteiger partial charge in [0.05, 0.1) is 4.47 Å². The van der Waals surface area contributed by atoms with Gasteiger partial charge >= 0.3 is 0 Å². The highest BCUT2D eigenvalue weighted by Gasteiger charge is 2.27. The summed E-state index contributed by atoms with van der Waals surface area (Å²) in [6, 6.07) is 2.47. The first-order valence-electron chi connectivity index (χ1n) is 5.67. The van der Waals surface area contributed by atoms with E-state index in [0.29, 0.717) is 19.6 Å². The first-order valence-corrected chi connectivity index (χ1v) is 6.46. The van der Waals surface area contributed by atoms with Crippen LogP contribution in [-0.2, 0) is 0 Å². The SMILES string of the molecule is C[C@@H]1CN(C(=O)c2c(F)ccc(Br)c2F)CCN1. The van der Waals surface area contributed by atoms with Crippen molar-refractivity contribution in [1.82, 2.24) is 10.2 Å². The number of benzene rings is 1. The van der Waals surface area contributed by atoms with Crippen molar-refractivity contribution in [1.29, 1.82) is 0 Å². The second kappa shape index (κ2) is 5.32. The summed E-state index contributed by atoms with van der Waals surface area (Å²) in [5.41, 5.74) is -0.488. The number of amides is 1. The molecule has 1 aromatic rings. The first kappa shape index (κ1) is 13.4. The maximum atomic E-state index is 13.8. The number of hydrogen-bond acceptors (Lipinski definition) is 2. The predicted octanol–water partition coefficient (Wildman–Crippen LogP) is 2.16. The normalized spacial score (nSPS) is 20.0. The predicted molar refractivity (Wildman–Crippen MR) is 67.4 cm³/mol. The van der Waals surface area contributed by atoms with E-state index in [1.54, 1.807) is 0 Å². The topological polar surface area (TPSA) is 32.3 Å². The Morgan fingerprint density at radius 3 is 2.89 bits per heavy atom. The van der Waals surface area contributed by atoms with Gasteiger partial charge in [0.1, 0.15) is 11.4 Å². The van der Waals surface area contributed by atoms with Crippen LogP contribution < -0.4 is 5.32 Å². The molecule has 1 fully saturated rings. The number of carbonyl (C=O) groups excluding carboxylic acids is 1. The molecular weight excluding hydrogens is 306 g/mol.